The molecule has 0 unspecified atom stereocenters. The molecule has 78 valence electrons. The molecule has 0 radical (unpaired) electrons. The zero-order valence-electron chi connectivity index (χ0n) is 9.09. The van der Waals surface area contributed by atoms with E-state index in [-0.39, 0.29) is 11.5 Å². The zero-order valence-corrected chi connectivity index (χ0v) is 9.09. The number of rotatable bonds is 1. The Hall–Kier alpha value is -1.35. The predicted molar refractivity (Wildman–Crippen MR) is 57.8 cm³/mol. The molecule has 14 heavy (non-hydrogen) atoms. The van der Waals surface area contributed by atoms with Gasteiger partial charge in [-0.1, -0.05) is 11.6 Å². The van der Waals surface area contributed by atoms with Crippen LogP contribution in [0.5, 0.6) is 5.75 Å². The summed E-state index contributed by atoms with van der Waals surface area (Å²) in [5.41, 5.74) is 1.37. The maximum Gasteiger partial charge on any atom is 0.163 e. The van der Waals surface area contributed by atoms with Crippen molar-refractivity contribution in [2.24, 2.45) is 0 Å². The minimum absolute atomic E-state index is 0.0584. The topological polar surface area (TPSA) is 49.3 Å². The van der Waals surface area contributed by atoms with Crippen molar-refractivity contribution in [3.63, 3.8) is 0 Å². The minimum atomic E-state index is -0.105. The number of aromatic hydroxyl groups is 1. The van der Waals surface area contributed by atoms with E-state index >= 15 is 0 Å². The van der Waals surface area contributed by atoms with Gasteiger partial charge >= 0.3 is 0 Å². The molecule has 3 nitrogen and oxygen atoms in total. The molecule has 2 N–H and O–H groups in total. The second-order valence-corrected chi connectivity index (χ2v) is 3.08. The molecular weight excluding hydrogens is 178 g/mol. The quantitative estimate of drug-likeness (QED) is 0.671. The van der Waals surface area contributed by atoms with E-state index < -0.39 is 0 Å². The summed E-state index contributed by atoms with van der Waals surface area (Å²) in [6.45, 7) is 3.32. The van der Waals surface area contributed by atoms with E-state index in [1.807, 2.05) is 21.0 Å². The normalized spacial score (nSPS) is 8.86. The average Bonchev–Trinajstić information content (AvgIpc) is 2.10. The predicted octanol–water partition coefficient (Wildman–Crippen LogP) is 1.74. The molecule has 0 aliphatic heterocycles. The number of phenolic OH excluding ortho intramolecular Hbond substituents is 1. The van der Waals surface area contributed by atoms with Crippen molar-refractivity contribution in [1.29, 1.82) is 0 Å². The lowest BCUT2D eigenvalue weighted by molar-refractivity contribution is 0.101. The molecular formula is C11H17NO2. The lowest BCUT2D eigenvalue weighted by Gasteiger charge is -2.00. The van der Waals surface area contributed by atoms with Crippen molar-refractivity contribution in [2.45, 2.75) is 13.8 Å². The molecule has 0 heterocycles. The van der Waals surface area contributed by atoms with Gasteiger partial charge in [0.1, 0.15) is 5.75 Å². The molecule has 0 fully saturated rings. The monoisotopic (exact) mass is 195 g/mol. The molecule has 0 aliphatic rings. The molecule has 0 spiro atoms. The number of nitrogens with one attached hydrogen (secondary N) is 1. The van der Waals surface area contributed by atoms with Crippen LogP contribution in [0.25, 0.3) is 0 Å². The first kappa shape index (κ1) is 12.7. The molecule has 3 heteroatoms. The summed E-state index contributed by atoms with van der Waals surface area (Å²) in [6, 6.07) is 4.98. The lowest BCUT2D eigenvalue weighted by atomic mass is 10.1. The fraction of sp³-hybridized carbons (Fsp3) is 0.364. The number of phenols is 1. The maximum absolute atomic E-state index is 10.9. The number of hydrogen-bond acceptors (Lipinski definition) is 3. The highest BCUT2D eigenvalue weighted by molar-refractivity contribution is 5.96. The smallest absolute Gasteiger partial charge is 0.163 e. The van der Waals surface area contributed by atoms with Crippen molar-refractivity contribution in [3.05, 3.63) is 29.3 Å². The Morgan fingerprint density at radius 1 is 1.36 bits per heavy atom. The van der Waals surface area contributed by atoms with E-state index in [1.54, 1.807) is 12.1 Å². The van der Waals surface area contributed by atoms with Crippen LogP contribution in [0.1, 0.15) is 22.8 Å². The summed E-state index contributed by atoms with van der Waals surface area (Å²) < 4.78 is 0. The van der Waals surface area contributed by atoms with E-state index in [2.05, 4.69) is 5.32 Å². The van der Waals surface area contributed by atoms with E-state index in [4.69, 9.17) is 0 Å². The molecule has 0 amide bonds. The molecule has 1 aromatic rings. The second-order valence-electron chi connectivity index (χ2n) is 3.08. The van der Waals surface area contributed by atoms with Gasteiger partial charge in [0, 0.05) is 0 Å². The molecule has 0 saturated carbocycles. The first-order valence-electron chi connectivity index (χ1n) is 4.42. The Morgan fingerprint density at radius 3 is 2.21 bits per heavy atom. The van der Waals surface area contributed by atoms with Gasteiger partial charge < -0.3 is 10.4 Å². The summed E-state index contributed by atoms with van der Waals surface area (Å²) in [5.74, 6) is -0.0469. The van der Waals surface area contributed by atoms with Crippen LogP contribution < -0.4 is 5.32 Å². The van der Waals surface area contributed by atoms with Crippen LogP contribution in [0.2, 0.25) is 0 Å². The van der Waals surface area contributed by atoms with Crippen LogP contribution in [0.15, 0.2) is 18.2 Å². The Bertz CT molecular complexity index is 308. The lowest BCUT2D eigenvalue weighted by Crippen LogP contribution is -1.92. The van der Waals surface area contributed by atoms with E-state index in [1.165, 1.54) is 13.0 Å². The van der Waals surface area contributed by atoms with Crippen molar-refractivity contribution in [2.75, 3.05) is 14.1 Å². The van der Waals surface area contributed by atoms with Crippen molar-refractivity contribution in [1.82, 2.24) is 5.32 Å². The van der Waals surface area contributed by atoms with Gasteiger partial charge in [-0.15, -0.1) is 0 Å². The van der Waals surface area contributed by atoms with Gasteiger partial charge in [0.15, 0.2) is 5.78 Å². The zero-order chi connectivity index (χ0) is 11.1. The largest absolute Gasteiger partial charge is 0.507 e. The number of Topliss-reactive ketones (excluding diaryl/α,β-unsaturated/α-hetero) is 1. The summed E-state index contributed by atoms with van der Waals surface area (Å²) >= 11 is 0. The van der Waals surface area contributed by atoms with E-state index in [0.717, 1.165) is 5.56 Å². The molecule has 1 aromatic carbocycles. The van der Waals surface area contributed by atoms with Crippen LogP contribution in [0, 0.1) is 6.92 Å². The van der Waals surface area contributed by atoms with Crippen LogP contribution >= 0.6 is 0 Å². The Morgan fingerprint density at radius 2 is 1.86 bits per heavy atom. The van der Waals surface area contributed by atoms with Gasteiger partial charge in [-0.25, -0.2) is 0 Å². The van der Waals surface area contributed by atoms with Crippen LogP contribution in [0.4, 0.5) is 0 Å². The molecule has 0 bridgehead atoms. The first-order chi connectivity index (χ1) is 6.52. The van der Waals surface area contributed by atoms with Gasteiger partial charge in [0.05, 0.1) is 5.56 Å². The second kappa shape index (κ2) is 6.16. The highest BCUT2D eigenvalue weighted by atomic mass is 16.3. The number of aryl methyl sites for hydroxylation is 1. The van der Waals surface area contributed by atoms with Gasteiger partial charge in [0.2, 0.25) is 0 Å². The summed E-state index contributed by atoms with van der Waals surface area (Å²) in [5, 5.41) is 11.9. The van der Waals surface area contributed by atoms with Gasteiger partial charge in [-0.05, 0) is 40.1 Å². The highest BCUT2D eigenvalue weighted by Crippen LogP contribution is 2.17. The fourth-order valence-corrected chi connectivity index (χ4v) is 0.932. The maximum atomic E-state index is 10.9. The number of carbonyl (C=O) groups is 1. The Labute approximate surface area is 84.8 Å². The third-order valence-corrected chi connectivity index (χ3v) is 1.53. The first-order valence-corrected chi connectivity index (χ1v) is 4.42. The average molecular weight is 195 g/mol. The van der Waals surface area contributed by atoms with Gasteiger partial charge in [-0.2, -0.15) is 0 Å². The van der Waals surface area contributed by atoms with Crippen molar-refractivity contribution < 1.29 is 9.90 Å². The van der Waals surface area contributed by atoms with Crippen LogP contribution in [-0.2, 0) is 0 Å². The van der Waals surface area contributed by atoms with E-state index in [9.17, 15) is 9.90 Å². The summed E-state index contributed by atoms with van der Waals surface area (Å²) in [6.07, 6.45) is 0. The summed E-state index contributed by atoms with van der Waals surface area (Å²) in [4.78, 5) is 10.9. The fourth-order valence-electron chi connectivity index (χ4n) is 0.932. The van der Waals surface area contributed by atoms with Crippen molar-refractivity contribution >= 4 is 5.78 Å². The van der Waals surface area contributed by atoms with E-state index in [0.29, 0.717) is 5.56 Å². The van der Waals surface area contributed by atoms with Crippen LogP contribution in [0.3, 0.4) is 0 Å². The third kappa shape index (κ3) is 4.05. The molecule has 0 aromatic heterocycles. The summed E-state index contributed by atoms with van der Waals surface area (Å²) in [7, 11) is 3.75. The number of benzene rings is 1. The standard InChI is InChI=1S/C9H10O2.C2H7N/c1-6-3-4-9(11)8(5-6)7(2)10;1-3-2/h3-5,11H,1-2H3;3H,1-2H3. The number of carbonyl (C=O) groups excluding carboxylic acids is 1. The highest BCUT2D eigenvalue weighted by Gasteiger charge is 2.04. The third-order valence-electron chi connectivity index (χ3n) is 1.53. The SMILES string of the molecule is CC(=O)c1cc(C)ccc1O.CNC. The molecule has 0 saturated heterocycles. The minimum Gasteiger partial charge on any atom is -0.507 e. The number of hydrogen-bond donors (Lipinski definition) is 2. The molecule has 0 aliphatic carbocycles. The van der Waals surface area contributed by atoms with Crippen molar-refractivity contribution in [3.8, 4) is 5.75 Å². The molecule has 0 atom stereocenters. The number of ketones is 1. The van der Waals surface area contributed by atoms with Gasteiger partial charge in [-0.3, -0.25) is 4.79 Å². The Balaban J connectivity index is 0.000000500. The Kier molecular flexibility index (Phi) is 5.56. The van der Waals surface area contributed by atoms with Crippen LogP contribution in [-0.4, -0.2) is 25.0 Å². The molecule has 1 rings (SSSR count). The van der Waals surface area contributed by atoms with Gasteiger partial charge in [0.25, 0.3) is 0 Å².